The summed E-state index contributed by atoms with van der Waals surface area (Å²) < 4.78 is 6.05. The van der Waals surface area contributed by atoms with Gasteiger partial charge in [0.2, 0.25) is 0 Å². The number of hydrogen-bond acceptors (Lipinski definition) is 2. The molecule has 0 aromatic carbocycles. The van der Waals surface area contributed by atoms with Gasteiger partial charge in [0.25, 0.3) is 0 Å². The Morgan fingerprint density at radius 3 is 2.91 bits per heavy atom. The lowest BCUT2D eigenvalue weighted by molar-refractivity contribution is -0.155. The fraction of sp³-hybridized carbons (Fsp3) is 0.875. The maximum absolute atomic E-state index is 11.2. The van der Waals surface area contributed by atoms with Crippen LogP contribution in [0.5, 0.6) is 0 Å². The van der Waals surface area contributed by atoms with E-state index in [1.165, 1.54) is 0 Å². The molecule has 0 amide bonds. The summed E-state index contributed by atoms with van der Waals surface area (Å²) in [5.41, 5.74) is 0. The molecule has 1 aliphatic rings. The van der Waals surface area contributed by atoms with Crippen molar-refractivity contribution in [2.75, 3.05) is 11.0 Å². The summed E-state index contributed by atoms with van der Waals surface area (Å²) >= 11 is 2.35. The number of rotatable bonds is 2. The van der Waals surface area contributed by atoms with Crippen molar-refractivity contribution in [3.05, 3.63) is 0 Å². The second kappa shape index (κ2) is 4.28. The molecule has 0 spiro atoms. The van der Waals surface area contributed by atoms with Gasteiger partial charge in [0.15, 0.2) is 0 Å². The van der Waals surface area contributed by atoms with Gasteiger partial charge >= 0.3 is 5.97 Å². The van der Waals surface area contributed by atoms with Crippen LogP contribution in [0.2, 0.25) is 0 Å². The molecule has 0 radical (unpaired) electrons. The first-order valence-corrected chi connectivity index (χ1v) is 5.54. The number of alkyl halides is 1. The summed E-state index contributed by atoms with van der Waals surface area (Å²) in [4.78, 5) is 11.2. The third kappa shape index (κ3) is 2.07. The molecule has 64 valence electrons. The first-order valence-electron chi connectivity index (χ1n) is 4.02. The highest BCUT2D eigenvalue weighted by Crippen LogP contribution is 2.27. The zero-order valence-electron chi connectivity index (χ0n) is 6.68. The zero-order valence-corrected chi connectivity index (χ0v) is 8.84. The Kier molecular flexibility index (Phi) is 3.62. The van der Waals surface area contributed by atoms with E-state index in [2.05, 4.69) is 29.5 Å². The minimum absolute atomic E-state index is 0.0143. The fourth-order valence-corrected chi connectivity index (χ4v) is 2.55. The molecule has 0 aromatic rings. The van der Waals surface area contributed by atoms with Gasteiger partial charge in [-0.25, -0.2) is 0 Å². The average molecular weight is 268 g/mol. The van der Waals surface area contributed by atoms with Gasteiger partial charge in [-0.3, -0.25) is 4.79 Å². The predicted octanol–water partition coefficient (Wildman–Crippen LogP) is 2.01. The fourth-order valence-electron chi connectivity index (χ4n) is 1.50. The van der Waals surface area contributed by atoms with Crippen LogP contribution in [-0.4, -0.2) is 17.0 Å². The molecular weight excluding hydrogens is 255 g/mol. The first-order chi connectivity index (χ1) is 5.29. The van der Waals surface area contributed by atoms with Crippen molar-refractivity contribution in [3.8, 4) is 0 Å². The summed E-state index contributed by atoms with van der Waals surface area (Å²) in [7, 11) is 0. The minimum Gasteiger partial charge on any atom is -0.465 e. The van der Waals surface area contributed by atoms with Gasteiger partial charge in [-0.1, -0.05) is 29.5 Å². The van der Waals surface area contributed by atoms with Crippen molar-refractivity contribution in [3.63, 3.8) is 0 Å². The van der Waals surface area contributed by atoms with Crippen LogP contribution in [0.1, 0.15) is 19.8 Å². The predicted molar refractivity (Wildman–Crippen MR) is 51.7 cm³/mol. The van der Waals surface area contributed by atoms with E-state index in [9.17, 15) is 4.79 Å². The number of cyclic esters (lactones) is 1. The lowest BCUT2D eigenvalue weighted by Gasteiger charge is -2.27. The molecule has 0 N–H and O–H groups in total. The summed E-state index contributed by atoms with van der Waals surface area (Å²) in [5.74, 6) is 0.739. The number of halogens is 1. The molecule has 11 heavy (non-hydrogen) atoms. The SMILES string of the molecule is CC[C@@H]1C(=O)OCC[C@H]1CI. The van der Waals surface area contributed by atoms with Crippen molar-refractivity contribution < 1.29 is 9.53 Å². The van der Waals surface area contributed by atoms with Crippen LogP contribution < -0.4 is 0 Å². The number of carbonyl (C=O) groups is 1. The Balaban J connectivity index is 2.56. The zero-order chi connectivity index (χ0) is 8.27. The molecule has 1 aliphatic heterocycles. The van der Waals surface area contributed by atoms with E-state index >= 15 is 0 Å². The van der Waals surface area contributed by atoms with E-state index in [-0.39, 0.29) is 11.9 Å². The Bertz CT molecular complexity index is 147. The third-order valence-corrected chi connectivity index (χ3v) is 3.37. The Hall–Kier alpha value is 0.200. The number of hydrogen-bond donors (Lipinski definition) is 0. The summed E-state index contributed by atoms with van der Waals surface area (Å²) in [6.45, 7) is 2.68. The highest BCUT2D eigenvalue weighted by Gasteiger charge is 2.30. The van der Waals surface area contributed by atoms with Gasteiger partial charge in [0.1, 0.15) is 0 Å². The molecule has 0 bridgehead atoms. The Labute approximate surface area is 80.8 Å². The van der Waals surface area contributed by atoms with Gasteiger partial charge in [0.05, 0.1) is 12.5 Å². The molecule has 1 rings (SSSR count). The molecule has 0 aromatic heterocycles. The van der Waals surface area contributed by atoms with Crippen molar-refractivity contribution in [1.29, 1.82) is 0 Å². The smallest absolute Gasteiger partial charge is 0.309 e. The lowest BCUT2D eigenvalue weighted by atomic mass is 9.88. The highest BCUT2D eigenvalue weighted by atomic mass is 127. The number of esters is 1. The Morgan fingerprint density at radius 1 is 1.73 bits per heavy atom. The van der Waals surface area contributed by atoms with Crippen LogP contribution in [0.25, 0.3) is 0 Å². The largest absolute Gasteiger partial charge is 0.465 e. The second-order valence-corrected chi connectivity index (χ2v) is 3.77. The topological polar surface area (TPSA) is 26.3 Å². The van der Waals surface area contributed by atoms with Crippen molar-refractivity contribution in [2.24, 2.45) is 11.8 Å². The van der Waals surface area contributed by atoms with Gasteiger partial charge in [-0.2, -0.15) is 0 Å². The Morgan fingerprint density at radius 2 is 2.45 bits per heavy atom. The van der Waals surface area contributed by atoms with Gasteiger partial charge in [0, 0.05) is 4.43 Å². The molecule has 0 unspecified atom stereocenters. The van der Waals surface area contributed by atoms with E-state index < -0.39 is 0 Å². The van der Waals surface area contributed by atoms with E-state index in [4.69, 9.17) is 4.74 Å². The molecular formula is C8H13IO2. The van der Waals surface area contributed by atoms with E-state index in [1.807, 2.05) is 0 Å². The molecule has 2 atom stereocenters. The van der Waals surface area contributed by atoms with Crippen LogP contribution in [-0.2, 0) is 9.53 Å². The highest BCUT2D eigenvalue weighted by molar-refractivity contribution is 14.1. The van der Waals surface area contributed by atoms with Crippen LogP contribution >= 0.6 is 22.6 Å². The van der Waals surface area contributed by atoms with Gasteiger partial charge < -0.3 is 4.74 Å². The molecule has 0 aliphatic carbocycles. The van der Waals surface area contributed by atoms with Gasteiger partial charge in [-0.05, 0) is 18.8 Å². The van der Waals surface area contributed by atoms with Crippen molar-refractivity contribution in [2.45, 2.75) is 19.8 Å². The maximum atomic E-state index is 11.2. The third-order valence-electron chi connectivity index (χ3n) is 2.24. The quantitative estimate of drug-likeness (QED) is 0.435. The molecule has 0 saturated carbocycles. The monoisotopic (exact) mass is 268 g/mol. The van der Waals surface area contributed by atoms with Gasteiger partial charge in [-0.15, -0.1) is 0 Å². The maximum Gasteiger partial charge on any atom is 0.309 e. The van der Waals surface area contributed by atoms with Crippen LogP contribution in [0, 0.1) is 11.8 Å². The standard InChI is InChI=1S/C8H13IO2/c1-2-7-6(5-9)3-4-11-8(7)10/h6-7H,2-5H2,1H3/t6-,7-/m0/s1. The number of ether oxygens (including phenoxy) is 1. The van der Waals surface area contributed by atoms with E-state index in [0.29, 0.717) is 12.5 Å². The minimum atomic E-state index is 0.0143. The summed E-state index contributed by atoms with van der Waals surface area (Å²) in [5, 5.41) is 0. The van der Waals surface area contributed by atoms with E-state index in [0.717, 1.165) is 17.3 Å². The molecule has 1 saturated heterocycles. The molecule has 1 fully saturated rings. The number of carbonyl (C=O) groups excluding carboxylic acids is 1. The first kappa shape index (κ1) is 9.29. The molecule has 1 heterocycles. The van der Waals surface area contributed by atoms with Crippen molar-refractivity contribution in [1.82, 2.24) is 0 Å². The molecule has 2 nitrogen and oxygen atoms in total. The summed E-state index contributed by atoms with van der Waals surface area (Å²) in [6.07, 6.45) is 1.97. The van der Waals surface area contributed by atoms with Crippen LogP contribution in [0.4, 0.5) is 0 Å². The summed E-state index contributed by atoms with van der Waals surface area (Å²) in [6, 6.07) is 0. The van der Waals surface area contributed by atoms with Crippen LogP contribution in [0.3, 0.4) is 0 Å². The average Bonchev–Trinajstić information content (AvgIpc) is 2.04. The normalized spacial score (nSPS) is 31.6. The van der Waals surface area contributed by atoms with Crippen LogP contribution in [0.15, 0.2) is 0 Å². The van der Waals surface area contributed by atoms with E-state index in [1.54, 1.807) is 0 Å². The lowest BCUT2D eigenvalue weighted by Crippen LogP contribution is -2.32. The van der Waals surface area contributed by atoms with Crippen molar-refractivity contribution >= 4 is 28.6 Å². The second-order valence-electron chi connectivity index (χ2n) is 2.89. The molecule has 3 heteroatoms.